The van der Waals surface area contributed by atoms with Crippen LogP contribution in [-0.4, -0.2) is 37.7 Å². The Morgan fingerprint density at radius 1 is 1.22 bits per heavy atom. The average Bonchev–Trinajstić information content (AvgIpc) is 3.41. The summed E-state index contributed by atoms with van der Waals surface area (Å²) < 4.78 is 3.65. The number of nitrogens with one attached hydrogen (secondary N) is 2. The summed E-state index contributed by atoms with van der Waals surface area (Å²) in [6.45, 7) is 3.63. The molecule has 32 heavy (non-hydrogen) atoms. The number of benzene rings is 1. The van der Waals surface area contributed by atoms with Gasteiger partial charge in [0.15, 0.2) is 0 Å². The highest BCUT2D eigenvalue weighted by molar-refractivity contribution is 6.04. The lowest BCUT2D eigenvalue weighted by Crippen LogP contribution is -2.37. The number of rotatable bonds is 5. The normalized spacial score (nSPS) is 15.4. The van der Waals surface area contributed by atoms with Crippen molar-refractivity contribution in [3.8, 4) is 0 Å². The van der Waals surface area contributed by atoms with E-state index in [4.69, 9.17) is 5.73 Å². The Kier molecular flexibility index (Phi) is 4.95. The second-order valence-corrected chi connectivity index (χ2v) is 7.97. The highest BCUT2D eigenvalue weighted by Crippen LogP contribution is 2.25. The van der Waals surface area contributed by atoms with E-state index < -0.39 is 0 Å². The van der Waals surface area contributed by atoms with Gasteiger partial charge in [-0.15, -0.1) is 0 Å². The number of nitrogens with zero attached hydrogens (tertiary/aromatic N) is 4. The van der Waals surface area contributed by atoms with Gasteiger partial charge >= 0.3 is 0 Å². The quantitative estimate of drug-likeness (QED) is 0.450. The van der Waals surface area contributed by atoms with Gasteiger partial charge in [0, 0.05) is 24.7 Å². The molecule has 4 heterocycles. The molecule has 4 N–H and O–H groups in total. The summed E-state index contributed by atoms with van der Waals surface area (Å²) in [5.74, 6) is -0.459. The van der Waals surface area contributed by atoms with Crippen molar-refractivity contribution in [3.63, 3.8) is 0 Å². The highest BCUT2D eigenvalue weighted by Gasteiger charge is 2.25. The molecular weight excluding hydrogens is 406 g/mol. The SMILES string of the molecule is C[C@@H]1CNC(=O)c2cc3ccc(C(=O)Nc4cnn(Cc5ccc(CN)cc5)c4)nc3n21. The fraction of sp³-hybridized carbons (Fsp3) is 0.217. The second-order valence-electron chi connectivity index (χ2n) is 7.97. The van der Waals surface area contributed by atoms with Crippen molar-refractivity contribution in [2.45, 2.75) is 26.1 Å². The highest BCUT2D eigenvalue weighted by atomic mass is 16.2. The Morgan fingerprint density at radius 3 is 2.78 bits per heavy atom. The molecule has 162 valence electrons. The third kappa shape index (κ3) is 3.63. The molecule has 3 aromatic heterocycles. The Labute approximate surface area is 184 Å². The standard InChI is InChI=1S/C23H23N7O2/c1-14-10-25-23(32)20-8-17-6-7-19(28-21(17)30(14)20)22(31)27-18-11-26-29(13-18)12-16-4-2-15(9-24)3-5-16/h2-8,11,13-14H,9-10,12,24H2,1H3,(H,25,32)(H,27,31)/t14-/m1/s1. The van der Waals surface area contributed by atoms with Crippen molar-refractivity contribution >= 4 is 28.5 Å². The fourth-order valence-electron chi connectivity index (χ4n) is 3.94. The first kappa shape index (κ1) is 20.0. The first-order valence-corrected chi connectivity index (χ1v) is 10.4. The van der Waals surface area contributed by atoms with E-state index >= 15 is 0 Å². The summed E-state index contributed by atoms with van der Waals surface area (Å²) in [5.41, 5.74) is 9.86. The van der Waals surface area contributed by atoms with Crippen LogP contribution in [0.25, 0.3) is 11.0 Å². The number of hydrogen-bond donors (Lipinski definition) is 3. The van der Waals surface area contributed by atoms with Crippen LogP contribution >= 0.6 is 0 Å². The predicted octanol–water partition coefficient (Wildman–Crippen LogP) is 2.30. The van der Waals surface area contributed by atoms with Crippen LogP contribution in [-0.2, 0) is 13.1 Å². The van der Waals surface area contributed by atoms with Gasteiger partial charge in [-0.3, -0.25) is 14.3 Å². The minimum atomic E-state index is -0.331. The van der Waals surface area contributed by atoms with Gasteiger partial charge in [-0.25, -0.2) is 4.98 Å². The molecule has 9 nitrogen and oxygen atoms in total. The van der Waals surface area contributed by atoms with Gasteiger partial charge in [0.2, 0.25) is 0 Å². The van der Waals surface area contributed by atoms with Crippen molar-refractivity contribution in [2.75, 3.05) is 11.9 Å². The number of amides is 2. The van der Waals surface area contributed by atoms with Crippen LogP contribution in [0.3, 0.4) is 0 Å². The monoisotopic (exact) mass is 429 g/mol. The maximum absolute atomic E-state index is 12.8. The lowest BCUT2D eigenvalue weighted by molar-refractivity contribution is 0.0918. The number of anilines is 1. The van der Waals surface area contributed by atoms with Crippen molar-refractivity contribution in [1.29, 1.82) is 0 Å². The van der Waals surface area contributed by atoms with Crippen molar-refractivity contribution in [3.05, 3.63) is 77.4 Å². The lowest BCUT2D eigenvalue weighted by atomic mass is 10.1. The molecule has 0 fully saturated rings. The van der Waals surface area contributed by atoms with Crippen LogP contribution in [0, 0.1) is 0 Å². The van der Waals surface area contributed by atoms with E-state index in [1.165, 1.54) is 0 Å². The molecule has 4 aromatic rings. The zero-order chi connectivity index (χ0) is 22.2. The minimum absolute atomic E-state index is 0.0585. The molecule has 5 rings (SSSR count). The summed E-state index contributed by atoms with van der Waals surface area (Å²) >= 11 is 0. The van der Waals surface area contributed by atoms with Gasteiger partial charge in [-0.2, -0.15) is 5.10 Å². The van der Waals surface area contributed by atoms with Crippen LogP contribution in [0.4, 0.5) is 5.69 Å². The van der Waals surface area contributed by atoms with Crippen LogP contribution < -0.4 is 16.4 Å². The van der Waals surface area contributed by atoms with E-state index in [1.54, 1.807) is 29.2 Å². The predicted molar refractivity (Wildman–Crippen MR) is 120 cm³/mol. The van der Waals surface area contributed by atoms with Crippen LogP contribution in [0.15, 0.2) is 54.9 Å². The first-order chi connectivity index (χ1) is 15.5. The number of fused-ring (bicyclic) bond motifs is 3. The third-order valence-corrected chi connectivity index (χ3v) is 5.64. The molecule has 1 atom stereocenters. The van der Waals surface area contributed by atoms with E-state index in [9.17, 15) is 9.59 Å². The number of carbonyl (C=O) groups excluding carboxylic acids is 2. The van der Waals surface area contributed by atoms with Crippen molar-refractivity contribution in [2.24, 2.45) is 5.73 Å². The molecule has 0 radical (unpaired) electrons. The molecular formula is C23H23N7O2. The average molecular weight is 429 g/mol. The van der Waals surface area contributed by atoms with Crippen molar-refractivity contribution in [1.82, 2.24) is 24.6 Å². The minimum Gasteiger partial charge on any atom is -0.349 e. The van der Waals surface area contributed by atoms with E-state index in [2.05, 4.69) is 20.7 Å². The molecule has 0 bridgehead atoms. The van der Waals surface area contributed by atoms with Gasteiger partial charge in [0.05, 0.1) is 24.5 Å². The summed E-state index contributed by atoms with van der Waals surface area (Å²) in [7, 11) is 0. The summed E-state index contributed by atoms with van der Waals surface area (Å²) in [5, 5.41) is 10.9. The maximum Gasteiger partial charge on any atom is 0.274 e. The summed E-state index contributed by atoms with van der Waals surface area (Å²) in [6.07, 6.45) is 3.38. The van der Waals surface area contributed by atoms with E-state index in [0.717, 1.165) is 16.5 Å². The number of aromatic nitrogens is 4. The number of nitrogens with two attached hydrogens (primary N) is 1. The number of carbonyl (C=O) groups is 2. The third-order valence-electron chi connectivity index (χ3n) is 5.64. The largest absolute Gasteiger partial charge is 0.349 e. The van der Waals surface area contributed by atoms with E-state index in [-0.39, 0.29) is 23.6 Å². The van der Waals surface area contributed by atoms with E-state index in [0.29, 0.717) is 36.7 Å². The first-order valence-electron chi connectivity index (χ1n) is 10.4. The van der Waals surface area contributed by atoms with E-state index in [1.807, 2.05) is 41.8 Å². The molecule has 0 saturated heterocycles. The Morgan fingerprint density at radius 2 is 2.00 bits per heavy atom. The van der Waals surface area contributed by atoms with Gasteiger partial charge in [0.1, 0.15) is 17.0 Å². The number of hydrogen-bond acceptors (Lipinski definition) is 5. The second kappa shape index (κ2) is 7.93. The van der Waals surface area contributed by atoms with Gasteiger partial charge in [-0.1, -0.05) is 24.3 Å². The molecule has 1 aliphatic heterocycles. The zero-order valence-electron chi connectivity index (χ0n) is 17.6. The molecule has 0 saturated carbocycles. The van der Waals surface area contributed by atoms with Crippen LogP contribution in [0.2, 0.25) is 0 Å². The Balaban J connectivity index is 1.34. The van der Waals surface area contributed by atoms with Crippen LogP contribution in [0.5, 0.6) is 0 Å². The molecule has 0 spiro atoms. The van der Waals surface area contributed by atoms with Crippen LogP contribution in [0.1, 0.15) is 45.1 Å². The summed E-state index contributed by atoms with van der Waals surface area (Å²) in [6, 6.07) is 13.4. The zero-order valence-corrected chi connectivity index (χ0v) is 17.6. The molecule has 1 aliphatic rings. The Hall–Kier alpha value is -3.98. The van der Waals surface area contributed by atoms with Crippen molar-refractivity contribution < 1.29 is 9.59 Å². The van der Waals surface area contributed by atoms with Gasteiger partial charge in [-0.05, 0) is 36.2 Å². The molecule has 0 aliphatic carbocycles. The molecule has 0 unspecified atom stereocenters. The van der Waals surface area contributed by atoms with Gasteiger partial charge in [0.25, 0.3) is 11.8 Å². The maximum atomic E-state index is 12.8. The number of pyridine rings is 1. The molecule has 2 amide bonds. The molecule has 9 heteroatoms. The van der Waals surface area contributed by atoms with Gasteiger partial charge < -0.3 is 20.9 Å². The Bertz CT molecular complexity index is 1320. The smallest absolute Gasteiger partial charge is 0.274 e. The summed E-state index contributed by atoms with van der Waals surface area (Å²) in [4.78, 5) is 29.5. The fourth-order valence-corrected chi connectivity index (χ4v) is 3.94. The lowest BCUT2D eigenvalue weighted by Gasteiger charge is -2.23. The topological polar surface area (TPSA) is 120 Å². The molecule has 1 aromatic carbocycles.